The topological polar surface area (TPSA) is 58.2 Å². The number of rotatable bonds is 3. The summed E-state index contributed by atoms with van der Waals surface area (Å²) < 4.78 is 25.3. The first-order valence-electron chi connectivity index (χ1n) is 4.78. The van der Waals surface area contributed by atoms with Gasteiger partial charge in [-0.05, 0) is 33.2 Å². The average Bonchev–Trinajstić information content (AvgIpc) is 2.09. The van der Waals surface area contributed by atoms with Gasteiger partial charge in [-0.1, -0.05) is 0 Å². The second-order valence-electron chi connectivity index (χ2n) is 3.51. The molecule has 0 bridgehead atoms. The van der Waals surface area contributed by atoms with Gasteiger partial charge in [0.1, 0.15) is 0 Å². The van der Waals surface area contributed by atoms with Crippen LogP contribution in [-0.2, 0) is 10.0 Å². The van der Waals surface area contributed by atoms with E-state index in [-0.39, 0.29) is 30.2 Å². The van der Waals surface area contributed by atoms with Crippen molar-refractivity contribution in [2.45, 2.75) is 38.8 Å². The Hall–Kier alpha value is 0.160. The van der Waals surface area contributed by atoms with Gasteiger partial charge in [0, 0.05) is 12.1 Å². The standard InChI is InChI=1S/C8H18N2O2S.ClH/c1-3-13(11,12)10-8-5-4-6-9-7(8)2;/h7-10H,3-6H2,1-2H3;1H. The molecule has 2 atom stereocenters. The molecule has 0 radical (unpaired) electrons. The molecule has 1 aliphatic rings. The highest BCUT2D eigenvalue weighted by Crippen LogP contribution is 2.09. The predicted molar refractivity (Wildman–Crippen MR) is 60.3 cm³/mol. The van der Waals surface area contributed by atoms with Gasteiger partial charge in [0.25, 0.3) is 0 Å². The van der Waals surface area contributed by atoms with E-state index in [0.29, 0.717) is 0 Å². The summed E-state index contributed by atoms with van der Waals surface area (Å²) >= 11 is 0. The summed E-state index contributed by atoms with van der Waals surface area (Å²) in [6.07, 6.45) is 1.98. The molecule has 1 rings (SSSR count). The van der Waals surface area contributed by atoms with Gasteiger partial charge in [-0.15, -0.1) is 12.4 Å². The maximum atomic E-state index is 11.3. The third-order valence-corrected chi connectivity index (χ3v) is 3.89. The van der Waals surface area contributed by atoms with E-state index in [2.05, 4.69) is 10.0 Å². The maximum Gasteiger partial charge on any atom is 0.211 e. The van der Waals surface area contributed by atoms with Gasteiger partial charge in [0.05, 0.1) is 5.75 Å². The predicted octanol–water partition coefficient (Wildman–Crippen LogP) is 0.488. The number of hydrogen-bond acceptors (Lipinski definition) is 3. The van der Waals surface area contributed by atoms with Gasteiger partial charge in [0.15, 0.2) is 0 Å². The van der Waals surface area contributed by atoms with E-state index in [1.807, 2.05) is 6.92 Å². The first-order chi connectivity index (χ1) is 6.05. The highest BCUT2D eigenvalue weighted by atomic mass is 35.5. The van der Waals surface area contributed by atoms with Crippen molar-refractivity contribution in [3.63, 3.8) is 0 Å². The Morgan fingerprint density at radius 3 is 2.64 bits per heavy atom. The summed E-state index contributed by atoms with van der Waals surface area (Å²) in [7, 11) is -3.04. The summed E-state index contributed by atoms with van der Waals surface area (Å²) in [6.45, 7) is 4.66. The lowest BCUT2D eigenvalue weighted by atomic mass is 10.0. The quantitative estimate of drug-likeness (QED) is 0.757. The third-order valence-electron chi connectivity index (χ3n) is 2.47. The number of sulfonamides is 1. The SMILES string of the molecule is CCS(=O)(=O)NC1CCCNC1C.Cl. The van der Waals surface area contributed by atoms with Crippen molar-refractivity contribution in [1.29, 1.82) is 0 Å². The lowest BCUT2D eigenvalue weighted by Gasteiger charge is -2.30. The van der Waals surface area contributed by atoms with Crippen LogP contribution in [0.5, 0.6) is 0 Å². The number of piperidine rings is 1. The number of halogens is 1. The first kappa shape index (κ1) is 14.2. The van der Waals surface area contributed by atoms with Gasteiger partial charge >= 0.3 is 0 Å². The van der Waals surface area contributed by atoms with E-state index >= 15 is 0 Å². The molecule has 6 heteroatoms. The van der Waals surface area contributed by atoms with Gasteiger partial charge in [-0.2, -0.15) is 0 Å². The zero-order valence-corrected chi connectivity index (χ0v) is 10.2. The van der Waals surface area contributed by atoms with Crippen molar-refractivity contribution in [1.82, 2.24) is 10.0 Å². The monoisotopic (exact) mass is 242 g/mol. The van der Waals surface area contributed by atoms with Crippen LogP contribution in [0.15, 0.2) is 0 Å². The Morgan fingerprint density at radius 2 is 2.14 bits per heavy atom. The van der Waals surface area contributed by atoms with Crippen LogP contribution in [0.25, 0.3) is 0 Å². The summed E-state index contributed by atoms with van der Waals surface area (Å²) in [5.74, 6) is 0.163. The van der Waals surface area contributed by atoms with Gasteiger partial charge in [-0.25, -0.2) is 13.1 Å². The van der Waals surface area contributed by atoms with E-state index in [1.54, 1.807) is 6.92 Å². The van der Waals surface area contributed by atoms with Gasteiger partial charge < -0.3 is 5.32 Å². The summed E-state index contributed by atoms with van der Waals surface area (Å²) in [5, 5.41) is 3.25. The molecule has 0 aromatic rings. The zero-order chi connectivity index (χ0) is 9.90. The molecule has 0 aliphatic carbocycles. The lowest BCUT2D eigenvalue weighted by molar-refractivity contribution is 0.349. The van der Waals surface area contributed by atoms with Gasteiger partial charge in [0.2, 0.25) is 10.0 Å². The fourth-order valence-electron chi connectivity index (χ4n) is 1.52. The molecule has 1 saturated heterocycles. The molecule has 0 aromatic carbocycles. The second kappa shape index (κ2) is 5.90. The molecule has 86 valence electrons. The van der Waals surface area contributed by atoms with E-state index in [0.717, 1.165) is 19.4 Å². The molecule has 2 unspecified atom stereocenters. The Kier molecular flexibility index (Phi) is 5.97. The van der Waals surface area contributed by atoms with Crippen molar-refractivity contribution < 1.29 is 8.42 Å². The molecule has 1 heterocycles. The minimum Gasteiger partial charge on any atom is -0.313 e. The van der Waals surface area contributed by atoms with Crippen molar-refractivity contribution in [3.8, 4) is 0 Å². The van der Waals surface area contributed by atoms with Crippen LogP contribution < -0.4 is 10.0 Å². The Labute approximate surface area is 92.3 Å². The van der Waals surface area contributed by atoms with E-state index in [4.69, 9.17) is 0 Å². The summed E-state index contributed by atoms with van der Waals surface area (Å²) in [4.78, 5) is 0. The average molecular weight is 243 g/mol. The molecular weight excluding hydrogens is 224 g/mol. The van der Waals surface area contributed by atoms with Crippen LogP contribution in [0.3, 0.4) is 0 Å². The molecule has 1 fully saturated rings. The molecule has 0 spiro atoms. The second-order valence-corrected chi connectivity index (χ2v) is 5.56. The largest absolute Gasteiger partial charge is 0.313 e. The molecular formula is C8H19ClN2O2S. The smallest absolute Gasteiger partial charge is 0.211 e. The molecule has 14 heavy (non-hydrogen) atoms. The van der Waals surface area contributed by atoms with E-state index in [9.17, 15) is 8.42 Å². The van der Waals surface area contributed by atoms with E-state index < -0.39 is 10.0 Å². The minimum atomic E-state index is -3.04. The maximum absolute atomic E-state index is 11.3. The van der Waals surface area contributed by atoms with Crippen molar-refractivity contribution >= 4 is 22.4 Å². The molecule has 0 amide bonds. The number of hydrogen-bond donors (Lipinski definition) is 2. The first-order valence-corrected chi connectivity index (χ1v) is 6.44. The van der Waals surface area contributed by atoms with Crippen LogP contribution in [-0.4, -0.2) is 32.8 Å². The number of nitrogens with one attached hydrogen (secondary N) is 2. The third kappa shape index (κ3) is 4.13. The lowest BCUT2D eigenvalue weighted by Crippen LogP contribution is -2.52. The van der Waals surface area contributed by atoms with Crippen LogP contribution in [0.1, 0.15) is 26.7 Å². The van der Waals surface area contributed by atoms with Crippen LogP contribution >= 0.6 is 12.4 Å². The molecule has 0 saturated carbocycles. The van der Waals surface area contributed by atoms with Crippen LogP contribution in [0, 0.1) is 0 Å². The Morgan fingerprint density at radius 1 is 1.50 bits per heavy atom. The summed E-state index contributed by atoms with van der Waals surface area (Å²) in [6, 6.07) is 0.314. The Bertz CT molecular complexity index is 256. The van der Waals surface area contributed by atoms with Crippen LogP contribution in [0.2, 0.25) is 0 Å². The zero-order valence-electron chi connectivity index (χ0n) is 8.62. The van der Waals surface area contributed by atoms with Gasteiger partial charge in [-0.3, -0.25) is 0 Å². The molecule has 0 aromatic heterocycles. The molecule has 1 aliphatic heterocycles. The van der Waals surface area contributed by atoms with Crippen LogP contribution in [0.4, 0.5) is 0 Å². The highest BCUT2D eigenvalue weighted by molar-refractivity contribution is 7.89. The normalized spacial score (nSPS) is 28.1. The Balaban J connectivity index is 0.00000169. The van der Waals surface area contributed by atoms with Crippen molar-refractivity contribution in [2.75, 3.05) is 12.3 Å². The fraction of sp³-hybridized carbons (Fsp3) is 1.00. The van der Waals surface area contributed by atoms with Crippen molar-refractivity contribution in [3.05, 3.63) is 0 Å². The van der Waals surface area contributed by atoms with Crippen molar-refractivity contribution in [2.24, 2.45) is 0 Å². The molecule has 2 N–H and O–H groups in total. The molecule has 4 nitrogen and oxygen atoms in total. The van der Waals surface area contributed by atoms with E-state index in [1.165, 1.54) is 0 Å². The summed E-state index contributed by atoms with van der Waals surface area (Å²) in [5.41, 5.74) is 0. The minimum absolute atomic E-state index is 0. The fourth-order valence-corrected chi connectivity index (χ4v) is 2.47. The highest BCUT2D eigenvalue weighted by Gasteiger charge is 2.24.